The molecule has 1 unspecified atom stereocenters. The second kappa shape index (κ2) is 5.33. The highest BCUT2D eigenvalue weighted by atomic mass is 16.3. The number of nitrogens with zero attached hydrogens (tertiary/aromatic N) is 1. The lowest BCUT2D eigenvalue weighted by Crippen LogP contribution is -2.48. The summed E-state index contributed by atoms with van der Waals surface area (Å²) >= 11 is 0. The Kier molecular flexibility index (Phi) is 4.01. The molecule has 1 saturated carbocycles. The molecular formula is C12H23N3O2. The largest absolute Gasteiger partial charge is 0.395 e. The van der Waals surface area contributed by atoms with Gasteiger partial charge in [0.1, 0.15) is 0 Å². The van der Waals surface area contributed by atoms with E-state index in [4.69, 9.17) is 5.73 Å². The van der Waals surface area contributed by atoms with Gasteiger partial charge in [-0.3, -0.25) is 9.69 Å². The van der Waals surface area contributed by atoms with E-state index in [-0.39, 0.29) is 18.6 Å². The quantitative estimate of drug-likeness (QED) is 0.603. The third kappa shape index (κ3) is 3.18. The summed E-state index contributed by atoms with van der Waals surface area (Å²) < 4.78 is 0. The third-order valence-corrected chi connectivity index (χ3v) is 3.89. The molecule has 4 N–H and O–H groups in total. The average Bonchev–Trinajstić information content (AvgIpc) is 3.09. The van der Waals surface area contributed by atoms with Crippen LogP contribution < -0.4 is 11.1 Å². The van der Waals surface area contributed by atoms with Gasteiger partial charge in [-0.1, -0.05) is 6.42 Å². The van der Waals surface area contributed by atoms with E-state index in [1.165, 1.54) is 12.8 Å². The van der Waals surface area contributed by atoms with Crippen LogP contribution in [0.25, 0.3) is 0 Å². The van der Waals surface area contributed by atoms with Gasteiger partial charge in [-0.2, -0.15) is 0 Å². The van der Waals surface area contributed by atoms with Crippen LogP contribution in [0.1, 0.15) is 32.1 Å². The Morgan fingerprint density at radius 3 is 2.88 bits per heavy atom. The zero-order valence-corrected chi connectivity index (χ0v) is 10.3. The lowest BCUT2D eigenvalue weighted by molar-refractivity contribution is -0.123. The van der Waals surface area contributed by atoms with Crippen molar-refractivity contribution in [2.75, 3.05) is 26.2 Å². The van der Waals surface area contributed by atoms with Gasteiger partial charge in [0.05, 0.1) is 12.1 Å². The summed E-state index contributed by atoms with van der Waals surface area (Å²) in [5, 5.41) is 12.2. The lowest BCUT2D eigenvalue weighted by atomic mass is 10.0. The van der Waals surface area contributed by atoms with Crippen molar-refractivity contribution in [1.29, 1.82) is 0 Å². The maximum Gasteiger partial charge on any atom is 0.240 e. The molecule has 0 aromatic heterocycles. The Morgan fingerprint density at radius 2 is 2.24 bits per heavy atom. The van der Waals surface area contributed by atoms with Crippen molar-refractivity contribution in [3.63, 3.8) is 0 Å². The van der Waals surface area contributed by atoms with E-state index in [1.54, 1.807) is 0 Å². The predicted octanol–water partition coefficient (Wildman–Crippen LogP) is -0.559. The van der Waals surface area contributed by atoms with Crippen LogP contribution in [-0.2, 0) is 4.79 Å². The van der Waals surface area contributed by atoms with Gasteiger partial charge in [0, 0.05) is 19.1 Å². The van der Waals surface area contributed by atoms with Crippen LogP contribution in [0.15, 0.2) is 0 Å². The maximum absolute atomic E-state index is 11.6. The first-order valence-corrected chi connectivity index (χ1v) is 6.58. The molecule has 2 rings (SSSR count). The number of hydrogen-bond acceptors (Lipinski definition) is 4. The van der Waals surface area contributed by atoms with Crippen molar-refractivity contribution in [3.05, 3.63) is 0 Å². The van der Waals surface area contributed by atoms with Gasteiger partial charge < -0.3 is 16.2 Å². The first kappa shape index (κ1) is 12.8. The molecule has 2 fully saturated rings. The highest BCUT2D eigenvalue weighted by Gasteiger charge is 2.45. The number of aliphatic hydroxyl groups excluding tert-OH is 1. The first-order valence-electron chi connectivity index (χ1n) is 6.58. The molecule has 5 heteroatoms. The number of nitrogens with two attached hydrogens (primary N) is 1. The third-order valence-electron chi connectivity index (χ3n) is 3.89. The van der Waals surface area contributed by atoms with Crippen molar-refractivity contribution in [3.8, 4) is 0 Å². The van der Waals surface area contributed by atoms with E-state index in [0.29, 0.717) is 6.54 Å². The van der Waals surface area contributed by atoms with E-state index < -0.39 is 5.54 Å². The lowest BCUT2D eigenvalue weighted by Gasteiger charge is -2.34. The standard InChI is InChI=1S/C12H23N3O2/c13-12(4-5-12)11(17)14-6-8-15-7-2-1-3-10(15)9-16/h10,16H,1-9,13H2,(H,14,17). The molecule has 0 radical (unpaired) electrons. The molecule has 17 heavy (non-hydrogen) atoms. The Labute approximate surface area is 102 Å². The summed E-state index contributed by atoms with van der Waals surface area (Å²) in [4.78, 5) is 13.9. The van der Waals surface area contributed by atoms with E-state index in [2.05, 4.69) is 10.2 Å². The minimum Gasteiger partial charge on any atom is -0.395 e. The van der Waals surface area contributed by atoms with Crippen LogP contribution in [0.5, 0.6) is 0 Å². The van der Waals surface area contributed by atoms with Crippen molar-refractivity contribution >= 4 is 5.91 Å². The van der Waals surface area contributed by atoms with Gasteiger partial charge in [0.2, 0.25) is 5.91 Å². The van der Waals surface area contributed by atoms with E-state index in [9.17, 15) is 9.90 Å². The highest BCUT2D eigenvalue weighted by Crippen LogP contribution is 2.31. The SMILES string of the molecule is NC1(C(=O)NCCN2CCCCC2CO)CC1. The van der Waals surface area contributed by atoms with Crippen LogP contribution in [-0.4, -0.2) is 53.7 Å². The summed E-state index contributed by atoms with van der Waals surface area (Å²) in [5.74, 6) is -0.0185. The number of aliphatic hydroxyl groups is 1. The van der Waals surface area contributed by atoms with Crippen LogP contribution in [0.4, 0.5) is 0 Å². The zero-order valence-electron chi connectivity index (χ0n) is 10.3. The summed E-state index contributed by atoms with van der Waals surface area (Å²) in [6, 6.07) is 0.272. The molecule has 0 aromatic carbocycles. The number of carbonyl (C=O) groups is 1. The van der Waals surface area contributed by atoms with Crippen molar-refractivity contribution in [2.45, 2.75) is 43.7 Å². The van der Waals surface area contributed by atoms with Crippen LogP contribution in [0.2, 0.25) is 0 Å². The fourth-order valence-electron chi connectivity index (χ4n) is 2.41. The molecule has 2 aliphatic rings. The molecule has 0 bridgehead atoms. The number of amides is 1. The second-order valence-electron chi connectivity index (χ2n) is 5.28. The Hall–Kier alpha value is -0.650. The number of carbonyl (C=O) groups excluding carboxylic acids is 1. The van der Waals surface area contributed by atoms with Crippen LogP contribution in [0, 0.1) is 0 Å². The molecule has 1 atom stereocenters. The van der Waals surface area contributed by atoms with E-state index in [0.717, 1.165) is 32.4 Å². The fourth-order valence-corrected chi connectivity index (χ4v) is 2.41. The topological polar surface area (TPSA) is 78.6 Å². The summed E-state index contributed by atoms with van der Waals surface area (Å²) in [7, 11) is 0. The monoisotopic (exact) mass is 241 g/mol. The van der Waals surface area contributed by atoms with Crippen molar-refractivity contribution in [1.82, 2.24) is 10.2 Å². The number of nitrogens with one attached hydrogen (secondary N) is 1. The Bertz CT molecular complexity index is 279. The molecule has 98 valence electrons. The molecule has 1 aliphatic heterocycles. The molecule has 1 amide bonds. The maximum atomic E-state index is 11.6. The van der Waals surface area contributed by atoms with Crippen LogP contribution in [0.3, 0.4) is 0 Å². The van der Waals surface area contributed by atoms with Gasteiger partial charge in [-0.05, 0) is 32.2 Å². The smallest absolute Gasteiger partial charge is 0.240 e. The van der Waals surface area contributed by atoms with E-state index >= 15 is 0 Å². The number of rotatable bonds is 5. The fraction of sp³-hybridized carbons (Fsp3) is 0.917. The predicted molar refractivity (Wildman–Crippen MR) is 65.5 cm³/mol. The molecule has 0 aromatic rings. The van der Waals surface area contributed by atoms with Gasteiger partial charge in [-0.25, -0.2) is 0 Å². The molecular weight excluding hydrogens is 218 g/mol. The number of likely N-dealkylation sites (tertiary alicyclic amines) is 1. The molecule has 1 aliphatic carbocycles. The molecule has 5 nitrogen and oxygen atoms in total. The van der Waals surface area contributed by atoms with E-state index in [1.807, 2.05) is 0 Å². The van der Waals surface area contributed by atoms with Crippen molar-refractivity contribution < 1.29 is 9.90 Å². The van der Waals surface area contributed by atoms with Crippen molar-refractivity contribution in [2.24, 2.45) is 5.73 Å². The van der Waals surface area contributed by atoms with Crippen LogP contribution >= 0.6 is 0 Å². The molecule has 0 spiro atoms. The van der Waals surface area contributed by atoms with Gasteiger partial charge in [0.25, 0.3) is 0 Å². The van der Waals surface area contributed by atoms with Gasteiger partial charge >= 0.3 is 0 Å². The van der Waals surface area contributed by atoms with Gasteiger partial charge in [0.15, 0.2) is 0 Å². The minimum atomic E-state index is -0.571. The first-order chi connectivity index (χ1) is 8.15. The Morgan fingerprint density at radius 1 is 1.47 bits per heavy atom. The number of piperidine rings is 1. The summed E-state index contributed by atoms with van der Waals surface area (Å²) in [5.41, 5.74) is 5.23. The molecule has 1 heterocycles. The minimum absolute atomic E-state index is 0.0185. The summed E-state index contributed by atoms with van der Waals surface area (Å²) in [6.45, 7) is 2.69. The highest BCUT2D eigenvalue weighted by molar-refractivity contribution is 5.88. The number of hydrogen-bond donors (Lipinski definition) is 3. The van der Waals surface area contributed by atoms with Gasteiger partial charge in [-0.15, -0.1) is 0 Å². The normalized spacial score (nSPS) is 27.8. The Balaban J connectivity index is 1.68. The average molecular weight is 241 g/mol. The molecule has 1 saturated heterocycles. The summed E-state index contributed by atoms with van der Waals surface area (Å²) in [6.07, 6.45) is 5.06. The second-order valence-corrected chi connectivity index (χ2v) is 5.28. The zero-order chi connectivity index (χ0) is 12.3.